The van der Waals surface area contributed by atoms with Crippen molar-refractivity contribution in [3.63, 3.8) is 0 Å². The Morgan fingerprint density at radius 2 is 1.58 bits per heavy atom. The summed E-state index contributed by atoms with van der Waals surface area (Å²) in [7, 11) is -2.95. The number of sulfonamides is 1. The van der Waals surface area contributed by atoms with E-state index < -0.39 is 32.9 Å². The Morgan fingerprint density at radius 1 is 0.904 bits per heavy atom. The average molecular weight is 806 g/mol. The van der Waals surface area contributed by atoms with Crippen molar-refractivity contribution in [3.8, 4) is 5.75 Å². The minimum absolute atomic E-state index is 0.00905. The van der Waals surface area contributed by atoms with E-state index in [0.717, 1.165) is 21.5 Å². The summed E-state index contributed by atoms with van der Waals surface area (Å²) in [5, 5.41) is 11.1. The molecule has 0 spiro atoms. The first-order valence-corrected chi connectivity index (χ1v) is 19.4. The van der Waals surface area contributed by atoms with Gasteiger partial charge in [-0.1, -0.05) is 133 Å². The van der Waals surface area contributed by atoms with Gasteiger partial charge in [0.15, 0.2) is 5.75 Å². The second kappa shape index (κ2) is 16.6. The third-order valence-corrected chi connectivity index (χ3v) is 11.7. The first kappa shape index (κ1) is 39.6. The molecule has 1 aliphatic carbocycles. The highest BCUT2D eigenvalue weighted by atomic mass is 35.5. The van der Waals surface area contributed by atoms with Gasteiger partial charge in [0.1, 0.15) is 10.6 Å². The number of phenolic OH excluding ortho intramolecular Hbond substituents is 1. The molecule has 2 amide bonds. The molecule has 7 nitrogen and oxygen atoms in total. The number of allylic oxidation sites excluding steroid dienone is 3. The first-order valence-electron chi connectivity index (χ1n) is 16.4. The topological polar surface area (TPSA) is 81.2 Å². The number of anilines is 1. The van der Waals surface area contributed by atoms with Crippen LogP contribution in [0.2, 0.25) is 20.1 Å². The summed E-state index contributed by atoms with van der Waals surface area (Å²) < 4.78 is 46.1. The van der Waals surface area contributed by atoms with Gasteiger partial charge >= 0.3 is 6.03 Å². The Balaban J connectivity index is 1.45. The summed E-state index contributed by atoms with van der Waals surface area (Å²) in [6.45, 7) is 3.76. The number of carbonyl (C=O) groups excluding carboxylic acids is 1. The van der Waals surface area contributed by atoms with Crippen molar-refractivity contribution < 1.29 is 22.7 Å². The highest BCUT2D eigenvalue weighted by Crippen LogP contribution is 2.38. The van der Waals surface area contributed by atoms with Crippen molar-refractivity contribution in [2.24, 2.45) is 5.92 Å². The lowest BCUT2D eigenvalue weighted by atomic mass is 9.90. The van der Waals surface area contributed by atoms with Gasteiger partial charge in [-0.15, -0.1) is 0 Å². The van der Waals surface area contributed by atoms with Crippen molar-refractivity contribution in [1.29, 1.82) is 0 Å². The molecule has 1 N–H and O–H groups in total. The van der Waals surface area contributed by atoms with Gasteiger partial charge in [0.2, 0.25) is 10.0 Å². The summed E-state index contributed by atoms with van der Waals surface area (Å²) in [6, 6.07) is 23.6. The quantitative estimate of drug-likeness (QED) is 0.155. The second-order valence-corrected chi connectivity index (χ2v) is 16.6. The molecule has 0 aromatic heterocycles. The largest absolute Gasteiger partial charge is 0.505 e. The molecule has 0 fully saturated rings. The summed E-state index contributed by atoms with van der Waals surface area (Å²) >= 11 is 25.0. The van der Waals surface area contributed by atoms with Gasteiger partial charge in [0.25, 0.3) is 0 Å². The van der Waals surface area contributed by atoms with Gasteiger partial charge < -0.3 is 10.0 Å². The SMILES string of the molecule is CC(C)CN(Cc1cccc(CN(CC2(F)C=CC(c3ccccc3)=CC2)S(=O)(=O)c2cc(Cl)cc(Cl)c2O)c1)C(=O)N(C)c1cccc(Cl)c1Cl. The number of amides is 2. The molecule has 52 heavy (non-hydrogen) atoms. The highest BCUT2D eigenvalue weighted by Gasteiger charge is 2.38. The van der Waals surface area contributed by atoms with Gasteiger partial charge in [-0.2, -0.15) is 4.31 Å². The number of nitrogens with zero attached hydrogens (tertiary/aromatic N) is 3. The van der Waals surface area contributed by atoms with Crippen LogP contribution in [0.1, 0.15) is 37.0 Å². The van der Waals surface area contributed by atoms with Crippen LogP contribution in [0.4, 0.5) is 14.9 Å². The maximum Gasteiger partial charge on any atom is 0.324 e. The molecule has 0 heterocycles. The van der Waals surface area contributed by atoms with Crippen LogP contribution in [-0.2, 0) is 23.1 Å². The number of hydrogen-bond acceptors (Lipinski definition) is 4. The molecule has 274 valence electrons. The molecular weight excluding hydrogens is 767 g/mol. The fourth-order valence-electron chi connectivity index (χ4n) is 5.98. The molecule has 0 aliphatic heterocycles. The van der Waals surface area contributed by atoms with Gasteiger partial charge in [0.05, 0.1) is 27.3 Å². The smallest absolute Gasteiger partial charge is 0.324 e. The number of aromatic hydroxyl groups is 1. The lowest BCUT2D eigenvalue weighted by Gasteiger charge is -2.32. The van der Waals surface area contributed by atoms with Gasteiger partial charge in [-0.05, 0) is 58.5 Å². The normalized spacial score (nSPS) is 15.9. The summed E-state index contributed by atoms with van der Waals surface area (Å²) in [5.74, 6) is -0.566. The molecular formula is C39H38Cl4FN3O4S. The van der Waals surface area contributed by atoms with Crippen molar-refractivity contribution >= 4 is 73.7 Å². The molecule has 5 rings (SSSR count). The third kappa shape index (κ3) is 9.31. The van der Waals surface area contributed by atoms with Gasteiger partial charge in [0, 0.05) is 38.1 Å². The van der Waals surface area contributed by atoms with Crippen LogP contribution in [0.3, 0.4) is 0 Å². The standard InChI is InChI=1S/C39H38Cl4FN3O4S/c1-26(2)22-46(38(49)45(3)34-14-8-13-32(41)36(34)43)23-27-9-7-10-28(19-27)24-47(52(50,51)35-21-31(40)20-33(42)37(35)48)25-39(44)17-15-30(16-18-39)29-11-5-4-6-12-29/h4-17,19-21,26,48H,18,22-25H2,1-3H3. The molecule has 0 saturated carbocycles. The summed E-state index contributed by atoms with van der Waals surface area (Å²) in [6.07, 6.45) is 4.67. The molecule has 1 unspecified atom stereocenters. The lowest BCUT2D eigenvalue weighted by Crippen LogP contribution is -2.43. The minimum atomic E-state index is -4.57. The van der Waals surface area contributed by atoms with Crippen LogP contribution in [0.15, 0.2) is 108 Å². The number of rotatable bonds is 12. The van der Waals surface area contributed by atoms with Crippen LogP contribution in [0.25, 0.3) is 5.57 Å². The number of hydrogen-bond donors (Lipinski definition) is 1. The van der Waals surface area contributed by atoms with E-state index in [1.807, 2.05) is 50.2 Å². The molecule has 0 radical (unpaired) electrons. The van der Waals surface area contributed by atoms with E-state index >= 15 is 4.39 Å². The van der Waals surface area contributed by atoms with Gasteiger partial charge in [-0.25, -0.2) is 17.6 Å². The third-order valence-electron chi connectivity index (χ3n) is 8.54. The average Bonchev–Trinajstić information content (AvgIpc) is 3.10. The molecule has 1 aliphatic rings. The number of urea groups is 1. The van der Waals surface area contributed by atoms with E-state index in [1.165, 1.54) is 17.0 Å². The lowest BCUT2D eigenvalue weighted by molar-refractivity contribution is 0.180. The molecule has 4 aromatic carbocycles. The predicted molar refractivity (Wildman–Crippen MR) is 210 cm³/mol. The van der Waals surface area contributed by atoms with Crippen LogP contribution in [0, 0.1) is 5.92 Å². The fraction of sp³-hybridized carbons (Fsp3) is 0.256. The molecule has 0 bridgehead atoms. The number of benzene rings is 4. The van der Waals surface area contributed by atoms with E-state index in [9.17, 15) is 18.3 Å². The zero-order valence-corrected chi connectivity index (χ0v) is 32.6. The highest BCUT2D eigenvalue weighted by molar-refractivity contribution is 7.89. The zero-order chi connectivity index (χ0) is 37.8. The number of carbonyl (C=O) groups is 1. The minimum Gasteiger partial charge on any atom is -0.505 e. The zero-order valence-electron chi connectivity index (χ0n) is 28.7. The molecule has 13 heteroatoms. The van der Waals surface area contributed by atoms with Crippen LogP contribution in [0.5, 0.6) is 5.75 Å². The van der Waals surface area contributed by atoms with Crippen molar-refractivity contribution in [1.82, 2.24) is 9.21 Å². The summed E-state index contributed by atoms with van der Waals surface area (Å²) in [4.78, 5) is 16.4. The molecule has 0 saturated heterocycles. The molecule has 4 aromatic rings. The Labute approximate surface area is 324 Å². The number of alkyl halides is 1. The maximum atomic E-state index is 16.6. The Morgan fingerprint density at radius 3 is 2.23 bits per heavy atom. The van der Waals surface area contributed by atoms with Crippen molar-refractivity contribution in [2.45, 2.75) is 43.9 Å². The molecule has 1 atom stereocenters. The second-order valence-electron chi connectivity index (χ2n) is 13.1. The van der Waals surface area contributed by atoms with Crippen molar-refractivity contribution in [2.75, 3.05) is 25.0 Å². The first-order chi connectivity index (χ1) is 24.6. The Hall–Kier alpha value is -3.57. The maximum absolute atomic E-state index is 16.6. The predicted octanol–water partition coefficient (Wildman–Crippen LogP) is 10.7. The van der Waals surface area contributed by atoms with Crippen LogP contribution >= 0.6 is 46.4 Å². The van der Waals surface area contributed by atoms with E-state index in [0.29, 0.717) is 28.4 Å². The van der Waals surface area contributed by atoms with E-state index in [1.54, 1.807) is 60.5 Å². The number of phenols is 1. The van der Waals surface area contributed by atoms with Crippen molar-refractivity contribution in [3.05, 3.63) is 140 Å². The fourth-order valence-corrected chi connectivity index (χ4v) is 8.63. The van der Waals surface area contributed by atoms with Crippen LogP contribution in [-0.4, -0.2) is 54.6 Å². The monoisotopic (exact) mass is 803 g/mol. The van der Waals surface area contributed by atoms with E-state index in [-0.39, 0.29) is 46.5 Å². The number of halogens is 5. The summed E-state index contributed by atoms with van der Waals surface area (Å²) in [5.41, 5.74) is 1.35. The van der Waals surface area contributed by atoms with E-state index in [4.69, 9.17) is 46.4 Å². The van der Waals surface area contributed by atoms with Gasteiger partial charge in [-0.3, -0.25) is 4.90 Å². The van der Waals surface area contributed by atoms with Crippen LogP contribution < -0.4 is 4.90 Å². The Bertz CT molecular complexity index is 2110. The Kier molecular flexibility index (Phi) is 12.7. The van der Waals surface area contributed by atoms with E-state index in [2.05, 4.69) is 0 Å².